The SMILES string of the molecule is N#Cc1ccc(F)cc1CSc1cc(Br)ccc1C(=O)O. The van der Waals surface area contributed by atoms with Gasteiger partial charge in [0.1, 0.15) is 5.82 Å². The molecule has 6 heteroatoms. The molecule has 0 aliphatic rings. The molecule has 0 saturated carbocycles. The van der Waals surface area contributed by atoms with Crippen molar-refractivity contribution in [2.45, 2.75) is 10.6 Å². The van der Waals surface area contributed by atoms with Crippen LogP contribution in [0.1, 0.15) is 21.5 Å². The molecule has 0 aliphatic heterocycles. The largest absolute Gasteiger partial charge is 0.478 e. The molecule has 0 radical (unpaired) electrons. The predicted molar refractivity (Wildman–Crippen MR) is 81.8 cm³/mol. The summed E-state index contributed by atoms with van der Waals surface area (Å²) in [5, 5.41) is 18.2. The third-order valence-electron chi connectivity index (χ3n) is 2.74. The standard InChI is InChI=1S/C15H9BrFNO2S/c16-11-2-4-13(15(19)20)14(6-11)21-8-10-5-12(17)3-1-9(10)7-18/h1-6H,8H2,(H,19,20). The Morgan fingerprint density at radius 3 is 2.76 bits per heavy atom. The maximum absolute atomic E-state index is 13.3. The molecule has 1 N–H and O–H groups in total. The van der Waals surface area contributed by atoms with Crippen LogP contribution in [0.15, 0.2) is 45.8 Å². The van der Waals surface area contributed by atoms with Crippen LogP contribution in [0.5, 0.6) is 0 Å². The molecule has 0 heterocycles. The molecule has 0 amide bonds. The Balaban J connectivity index is 2.29. The Hall–Kier alpha value is -1.84. The number of nitriles is 1. The summed E-state index contributed by atoms with van der Waals surface area (Å²) in [6.45, 7) is 0. The lowest BCUT2D eigenvalue weighted by Crippen LogP contribution is -1.99. The van der Waals surface area contributed by atoms with Gasteiger partial charge in [0.2, 0.25) is 0 Å². The smallest absolute Gasteiger partial charge is 0.336 e. The van der Waals surface area contributed by atoms with Crippen molar-refractivity contribution in [3.8, 4) is 6.07 Å². The van der Waals surface area contributed by atoms with Crippen molar-refractivity contribution in [2.75, 3.05) is 0 Å². The Morgan fingerprint density at radius 2 is 2.10 bits per heavy atom. The summed E-state index contributed by atoms with van der Waals surface area (Å²) in [6, 6.07) is 10.8. The minimum absolute atomic E-state index is 0.179. The van der Waals surface area contributed by atoms with Crippen molar-refractivity contribution in [2.24, 2.45) is 0 Å². The van der Waals surface area contributed by atoms with Gasteiger partial charge in [0, 0.05) is 15.1 Å². The molecule has 0 spiro atoms. The summed E-state index contributed by atoms with van der Waals surface area (Å²) in [4.78, 5) is 11.7. The third kappa shape index (κ3) is 3.84. The van der Waals surface area contributed by atoms with Crippen molar-refractivity contribution in [3.05, 3.63) is 63.4 Å². The molecule has 0 aromatic heterocycles. The summed E-state index contributed by atoms with van der Waals surface area (Å²) in [5.74, 6) is -1.13. The van der Waals surface area contributed by atoms with Crippen LogP contribution in [0.2, 0.25) is 0 Å². The topological polar surface area (TPSA) is 61.1 Å². The van der Waals surface area contributed by atoms with E-state index < -0.39 is 11.8 Å². The average Bonchev–Trinajstić information content (AvgIpc) is 2.45. The van der Waals surface area contributed by atoms with E-state index in [1.807, 2.05) is 6.07 Å². The molecule has 2 aromatic carbocycles. The van der Waals surface area contributed by atoms with E-state index in [0.717, 1.165) is 4.47 Å². The van der Waals surface area contributed by atoms with E-state index >= 15 is 0 Å². The number of hydrogen-bond donors (Lipinski definition) is 1. The first-order chi connectivity index (χ1) is 10.0. The normalized spacial score (nSPS) is 10.1. The van der Waals surface area contributed by atoms with E-state index in [1.165, 1.54) is 36.0 Å². The van der Waals surface area contributed by atoms with Crippen LogP contribution >= 0.6 is 27.7 Å². The van der Waals surface area contributed by atoms with Crippen molar-refractivity contribution in [1.29, 1.82) is 5.26 Å². The fourth-order valence-corrected chi connectivity index (χ4v) is 3.32. The van der Waals surface area contributed by atoms with E-state index in [1.54, 1.807) is 12.1 Å². The molecule has 3 nitrogen and oxygen atoms in total. The number of thioether (sulfide) groups is 1. The van der Waals surface area contributed by atoms with Crippen molar-refractivity contribution < 1.29 is 14.3 Å². The zero-order chi connectivity index (χ0) is 15.4. The fourth-order valence-electron chi connectivity index (χ4n) is 1.74. The minimum atomic E-state index is -1.02. The molecule has 2 rings (SSSR count). The summed E-state index contributed by atoms with van der Waals surface area (Å²) < 4.78 is 14.0. The highest BCUT2D eigenvalue weighted by Gasteiger charge is 2.12. The summed E-state index contributed by atoms with van der Waals surface area (Å²) in [6.07, 6.45) is 0. The van der Waals surface area contributed by atoms with Gasteiger partial charge < -0.3 is 5.11 Å². The Morgan fingerprint density at radius 1 is 1.33 bits per heavy atom. The third-order valence-corrected chi connectivity index (χ3v) is 4.34. The first-order valence-corrected chi connectivity index (χ1v) is 7.63. The van der Waals surface area contributed by atoms with Crippen molar-refractivity contribution >= 4 is 33.7 Å². The molecule has 21 heavy (non-hydrogen) atoms. The van der Waals surface area contributed by atoms with E-state index in [4.69, 9.17) is 10.4 Å². The van der Waals surface area contributed by atoms with Gasteiger partial charge in [-0.2, -0.15) is 5.26 Å². The van der Waals surface area contributed by atoms with Gasteiger partial charge >= 0.3 is 5.97 Å². The van der Waals surface area contributed by atoms with Gasteiger partial charge in [0.15, 0.2) is 0 Å². The Labute approximate surface area is 133 Å². The number of rotatable bonds is 4. The second-order valence-electron chi connectivity index (χ2n) is 4.15. The quantitative estimate of drug-likeness (QED) is 0.813. The fraction of sp³-hybridized carbons (Fsp3) is 0.0667. The first kappa shape index (κ1) is 15.5. The number of carboxylic acids is 1. The molecule has 2 aromatic rings. The molecule has 0 atom stereocenters. The summed E-state index contributed by atoms with van der Waals surface area (Å²) in [7, 11) is 0. The van der Waals surface area contributed by atoms with Crippen LogP contribution in [0, 0.1) is 17.1 Å². The summed E-state index contributed by atoms with van der Waals surface area (Å²) in [5.41, 5.74) is 1.10. The van der Waals surface area contributed by atoms with E-state index in [-0.39, 0.29) is 5.56 Å². The second-order valence-corrected chi connectivity index (χ2v) is 6.08. The number of carbonyl (C=O) groups is 1. The average molecular weight is 366 g/mol. The molecule has 0 aliphatic carbocycles. The number of halogens is 2. The Bertz CT molecular complexity index is 743. The van der Waals surface area contributed by atoms with Crippen LogP contribution in [0.4, 0.5) is 4.39 Å². The second kappa shape index (κ2) is 6.74. The lowest BCUT2D eigenvalue weighted by atomic mass is 10.1. The number of hydrogen-bond acceptors (Lipinski definition) is 3. The molecular formula is C15H9BrFNO2S. The zero-order valence-corrected chi connectivity index (χ0v) is 13.0. The zero-order valence-electron chi connectivity index (χ0n) is 10.6. The van der Waals surface area contributed by atoms with Gasteiger partial charge in [0.25, 0.3) is 0 Å². The van der Waals surface area contributed by atoms with E-state index in [2.05, 4.69) is 15.9 Å². The number of carboxylic acid groups (broad SMARTS) is 1. The van der Waals surface area contributed by atoms with Crippen LogP contribution in [-0.2, 0) is 5.75 Å². The lowest BCUT2D eigenvalue weighted by molar-refractivity contribution is 0.0693. The number of aromatic carboxylic acids is 1. The highest BCUT2D eigenvalue weighted by atomic mass is 79.9. The van der Waals surface area contributed by atoms with Crippen LogP contribution < -0.4 is 0 Å². The van der Waals surface area contributed by atoms with Gasteiger partial charge in [-0.15, -0.1) is 11.8 Å². The van der Waals surface area contributed by atoms with Crippen molar-refractivity contribution in [1.82, 2.24) is 0 Å². The molecular weight excluding hydrogens is 357 g/mol. The van der Waals surface area contributed by atoms with Gasteiger partial charge in [-0.25, -0.2) is 9.18 Å². The number of benzene rings is 2. The predicted octanol–water partition coefficient (Wildman–Crippen LogP) is 4.45. The monoisotopic (exact) mass is 365 g/mol. The number of nitrogens with zero attached hydrogens (tertiary/aromatic N) is 1. The van der Waals surface area contributed by atoms with E-state index in [9.17, 15) is 9.18 Å². The van der Waals surface area contributed by atoms with Gasteiger partial charge in [0.05, 0.1) is 17.2 Å². The van der Waals surface area contributed by atoms with E-state index in [0.29, 0.717) is 21.8 Å². The highest BCUT2D eigenvalue weighted by Crippen LogP contribution is 2.30. The molecule has 0 fully saturated rings. The minimum Gasteiger partial charge on any atom is -0.478 e. The van der Waals surface area contributed by atoms with Gasteiger partial charge in [-0.05, 0) is 42.0 Å². The maximum Gasteiger partial charge on any atom is 0.336 e. The van der Waals surface area contributed by atoms with Gasteiger partial charge in [-0.1, -0.05) is 15.9 Å². The van der Waals surface area contributed by atoms with Crippen LogP contribution in [0.25, 0.3) is 0 Å². The van der Waals surface area contributed by atoms with Crippen LogP contribution in [0.3, 0.4) is 0 Å². The van der Waals surface area contributed by atoms with Crippen LogP contribution in [-0.4, -0.2) is 11.1 Å². The molecule has 106 valence electrons. The van der Waals surface area contributed by atoms with Gasteiger partial charge in [-0.3, -0.25) is 0 Å². The highest BCUT2D eigenvalue weighted by molar-refractivity contribution is 9.10. The molecule has 0 saturated heterocycles. The molecule has 0 unspecified atom stereocenters. The lowest BCUT2D eigenvalue weighted by Gasteiger charge is -2.08. The summed E-state index contributed by atoms with van der Waals surface area (Å²) >= 11 is 4.55. The first-order valence-electron chi connectivity index (χ1n) is 5.85. The molecule has 0 bridgehead atoms. The maximum atomic E-state index is 13.3. The Kier molecular flexibility index (Phi) is 4.99. The van der Waals surface area contributed by atoms with Crippen molar-refractivity contribution in [3.63, 3.8) is 0 Å².